The maximum atomic E-state index is 12.1. The van der Waals surface area contributed by atoms with Gasteiger partial charge in [-0.05, 0) is 36.6 Å². The number of nitrogens with one attached hydrogen (secondary N) is 2. The van der Waals surface area contributed by atoms with E-state index in [1.54, 1.807) is 5.38 Å². The van der Waals surface area contributed by atoms with Gasteiger partial charge in [-0.2, -0.15) is 0 Å². The number of carbonyl (C=O) groups excluding carboxylic acids is 2. The number of benzene rings is 1. The molecule has 30 heavy (non-hydrogen) atoms. The van der Waals surface area contributed by atoms with Crippen LogP contribution in [-0.2, 0) is 11.3 Å². The zero-order valence-electron chi connectivity index (χ0n) is 16.4. The largest absolute Gasteiger partial charge is 0.573 e. The molecule has 2 amide bonds. The number of thiazole rings is 1. The number of halogens is 3. The number of amides is 2. The van der Waals surface area contributed by atoms with Crippen LogP contribution in [0.15, 0.2) is 29.6 Å². The summed E-state index contributed by atoms with van der Waals surface area (Å²) >= 11 is 1.25. The van der Waals surface area contributed by atoms with E-state index in [2.05, 4.69) is 34.2 Å². The maximum Gasteiger partial charge on any atom is 0.573 e. The molecule has 0 spiro atoms. The fraction of sp³-hybridized carbons (Fsp3) is 0.421. The normalized spacial score (nSPS) is 11.3. The van der Waals surface area contributed by atoms with E-state index in [0.717, 1.165) is 18.6 Å². The molecule has 0 aliphatic heterocycles. The summed E-state index contributed by atoms with van der Waals surface area (Å²) in [6.07, 6.45) is -3.90. The highest BCUT2D eigenvalue weighted by molar-refractivity contribution is 7.09. The molecular formula is C19H22F3N3O4S. The fourth-order valence-corrected chi connectivity index (χ4v) is 2.89. The molecule has 2 N–H and O–H groups in total. The third-order valence-corrected chi connectivity index (χ3v) is 4.50. The van der Waals surface area contributed by atoms with Crippen molar-refractivity contribution in [3.8, 4) is 11.5 Å². The molecule has 11 heteroatoms. The molecule has 2 aromatic rings. The third kappa shape index (κ3) is 8.68. The Morgan fingerprint density at radius 2 is 1.80 bits per heavy atom. The number of nitrogens with zero attached hydrogens (tertiary/aromatic N) is 1. The minimum atomic E-state index is -4.77. The number of hydrogen-bond donors (Lipinski definition) is 2. The summed E-state index contributed by atoms with van der Waals surface area (Å²) in [5, 5.41) is 7.57. The van der Waals surface area contributed by atoms with Gasteiger partial charge in [0.2, 0.25) is 0 Å². The van der Waals surface area contributed by atoms with Crippen LogP contribution >= 0.6 is 11.3 Å². The second-order valence-electron chi connectivity index (χ2n) is 6.65. The predicted molar refractivity (Wildman–Crippen MR) is 104 cm³/mol. The zero-order chi connectivity index (χ0) is 22.1. The number of alkyl halides is 3. The molecule has 0 aliphatic carbocycles. The average molecular weight is 445 g/mol. The van der Waals surface area contributed by atoms with Crippen LogP contribution in [0.5, 0.6) is 11.5 Å². The molecule has 0 saturated carbocycles. The molecule has 0 unspecified atom stereocenters. The fourth-order valence-electron chi connectivity index (χ4n) is 2.17. The molecule has 0 bridgehead atoms. The van der Waals surface area contributed by atoms with Gasteiger partial charge in [0.25, 0.3) is 11.8 Å². The lowest BCUT2D eigenvalue weighted by Crippen LogP contribution is -2.28. The highest BCUT2D eigenvalue weighted by Gasteiger charge is 2.31. The Labute approximate surface area is 175 Å². The SMILES string of the molecule is CC(C)CCNC(=O)c1csc(CNC(=O)COc2ccc(OC(F)(F)F)cc2)n1. The molecule has 0 fully saturated rings. The number of hydrogen-bond acceptors (Lipinski definition) is 6. The summed E-state index contributed by atoms with van der Waals surface area (Å²) in [5.74, 6) is -0.379. The van der Waals surface area contributed by atoms with Gasteiger partial charge in [0.05, 0.1) is 6.54 Å². The van der Waals surface area contributed by atoms with Crippen LogP contribution in [0.1, 0.15) is 35.8 Å². The van der Waals surface area contributed by atoms with Crippen LogP contribution < -0.4 is 20.1 Å². The summed E-state index contributed by atoms with van der Waals surface area (Å²) in [4.78, 5) is 28.1. The highest BCUT2D eigenvalue weighted by atomic mass is 32.1. The highest BCUT2D eigenvalue weighted by Crippen LogP contribution is 2.24. The van der Waals surface area contributed by atoms with Crippen molar-refractivity contribution >= 4 is 23.2 Å². The number of ether oxygens (including phenoxy) is 2. The van der Waals surface area contributed by atoms with Gasteiger partial charge in [-0.15, -0.1) is 24.5 Å². The molecule has 0 saturated heterocycles. The molecule has 0 radical (unpaired) electrons. The van der Waals surface area contributed by atoms with Crippen LogP contribution in [0.2, 0.25) is 0 Å². The lowest BCUT2D eigenvalue weighted by Gasteiger charge is -2.10. The van der Waals surface area contributed by atoms with Gasteiger partial charge in [0.1, 0.15) is 22.2 Å². The third-order valence-electron chi connectivity index (χ3n) is 3.66. The Bertz CT molecular complexity index is 838. The second kappa shape index (κ2) is 10.8. The van der Waals surface area contributed by atoms with Gasteiger partial charge in [-0.1, -0.05) is 13.8 Å². The summed E-state index contributed by atoms with van der Waals surface area (Å²) in [5.41, 5.74) is 0.297. The summed E-state index contributed by atoms with van der Waals surface area (Å²) in [7, 11) is 0. The van der Waals surface area contributed by atoms with Crippen molar-refractivity contribution in [1.82, 2.24) is 15.6 Å². The first-order valence-corrected chi connectivity index (χ1v) is 9.98. The zero-order valence-corrected chi connectivity index (χ0v) is 17.2. The van der Waals surface area contributed by atoms with Crippen molar-refractivity contribution in [2.75, 3.05) is 13.2 Å². The van der Waals surface area contributed by atoms with Crippen molar-refractivity contribution in [1.29, 1.82) is 0 Å². The smallest absolute Gasteiger partial charge is 0.484 e. The van der Waals surface area contributed by atoms with E-state index in [1.165, 1.54) is 23.5 Å². The number of carbonyl (C=O) groups is 2. The van der Waals surface area contributed by atoms with Crippen molar-refractivity contribution in [3.63, 3.8) is 0 Å². The Hall–Kier alpha value is -2.82. The first-order valence-electron chi connectivity index (χ1n) is 9.10. The average Bonchev–Trinajstić information content (AvgIpc) is 3.13. The van der Waals surface area contributed by atoms with Crippen molar-refractivity contribution in [3.05, 3.63) is 40.3 Å². The summed E-state index contributed by atoms with van der Waals surface area (Å²) in [6.45, 7) is 4.51. The minimum Gasteiger partial charge on any atom is -0.484 e. The summed E-state index contributed by atoms with van der Waals surface area (Å²) in [6, 6.07) is 4.70. The van der Waals surface area contributed by atoms with Gasteiger partial charge < -0.3 is 20.1 Å². The second-order valence-corrected chi connectivity index (χ2v) is 7.59. The van der Waals surface area contributed by atoms with Gasteiger partial charge >= 0.3 is 6.36 Å². The standard InChI is InChI=1S/C19H22F3N3O4S/c1-12(2)7-8-23-18(27)15-11-30-17(25-15)9-24-16(26)10-28-13-3-5-14(6-4-13)29-19(20,21)22/h3-6,11-12H,7-10H2,1-2H3,(H,23,27)(H,24,26). The minimum absolute atomic E-state index is 0.129. The lowest BCUT2D eigenvalue weighted by atomic mass is 10.1. The van der Waals surface area contributed by atoms with Crippen molar-refractivity contribution in [2.24, 2.45) is 5.92 Å². The number of rotatable bonds is 10. The molecule has 0 atom stereocenters. The molecule has 0 aliphatic rings. The monoisotopic (exact) mass is 445 g/mol. The van der Waals surface area contributed by atoms with E-state index in [-0.39, 0.29) is 30.6 Å². The molecular weight excluding hydrogens is 423 g/mol. The molecule has 164 valence electrons. The van der Waals surface area contributed by atoms with Crippen LogP contribution in [-0.4, -0.2) is 36.3 Å². The van der Waals surface area contributed by atoms with E-state index in [1.807, 2.05) is 0 Å². The van der Waals surface area contributed by atoms with Crippen LogP contribution in [0.3, 0.4) is 0 Å². The Kier molecular flexibility index (Phi) is 8.46. The Morgan fingerprint density at radius 3 is 2.43 bits per heavy atom. The predicted octanol–water partition coefficient (Wildman–Crippen LogP) is 3.51. The molecule has 1 aromatic carbocycles. The van der Waals surface area contributed by atoms with Gasteiger partial charge in [-0.25, -0.2) is 4.98 Å². The van der Waals surface area contributed by atoms with E-state index in [9.17, 15) is 22.8 Å². The first kappa shape index (κ1) is 23.5. The topological polar surface area (TPSA) is 89.6 Å². The first-order chi connectivity index (χ1) is 14.1. The van der Waals surface area contributed by atoms with Crippen molar-refractivity contribution < 1.29 is 32.2 Å². The van der Waals surface area contributed by atoms with Gasteiger partial charge in [0, 0.05) is 11.9 Å². The van der Waals surface area contributed by atoms with E-state index >= 15 is 0 Å². The molecule has 1 heterocycles. The van der Waals surface area contributed by atoms with Gasteiger partial charge in [-0.3, -0.25) is 9.59 Å². The Balaban J connectivity index is 1.72. The van der Waals surface area contributed by atoms with E-state index in [0.29, 0.717) is 23.2 Å². The van der Waals surface area contributed by atoms with Crippen LogP contribution in [0, 0.1) is 5.92 Å². The molecule has 2 rings (SSSR count). The lowest BCUT2D eigenvalue weighted by molar-refractivity contribution is -0.274. The van der Waals surface area contributed by atoms with Gasteiger partial charge in [0.15, 0.2) is 6.61 Å². The van der Waals surface area contributed by atoms with E-state index in [4.69, 9.17) is 4.74 Å². The quantitative estimate of drug-likeness (QED) is 0.584. The molecule has 7 nitrogen and oxygen atoms in total. The van der Waals surface area contributed by atoms with Crippen LogP contribution in [0.4, 0.5) is 13.2 Å². The van der Waals surface area contributed by atoms with Crippen molar-refractivity contribution in [2.45, 2.75) is 33.2 Å². The summed E-state index contributed by atoms with van der Waals surface area (Å²) < 4.78 is 45.3. The Morgan fingerprint density at radius 1 is 1.13 bits per heavy atom. The maximum absolute atomic E-state index is 12.1. The van der Waals surface area contributed by atoms with Crippen LogP contribution in [0.25, 0.3) is 0 Å². The number of aromatic nitrogens is 1. The van der Waals surface area contributed by atoms with E-state index < -0.39 is 12.3 Å². The molecule has 1 aromatic heterocycles.